The van der Waals surface area contributed by atoms with Gasteiger partial charge in [-0.05, 0) is 37.5 Å². The van der Waals surface area contributed by atoms with Gasteiger partial charge < -0.3 is 0 Å². The fraction of sp³-hybridized carbons (Fsp3) is 1.00. The maximum atomic E-state index is 4.65. The minimum absolute atomic E-state index is 0.940. The van der Waals surface area contributed by atoms with E-state index >= 15 is 0 Å². The average Bonchev–Trinajstić information content (AvgIpc) is 2.37. The number of nitrogens with zero attached hydrogens (tertiary/aromatic N) is 1. The minimum Gasteiger partial charge on any atom is -0.242 e. The monoisotopic (exact) mass is 240 g/mol. The van der Waals surface area contributed by atoms with Crippen molar-refractivity contribution in [1.29, 1.82) is 0 Å². The SMILES string of the molecule is CCC(CC)CCC[N]CCCC(CC)CC. The Bertz CT molecular complexity index is 120. The van der Waals surface area contributed by atoms with Crippen molar-refractivity contribution < 1.29 is 0 Å². The molecular weight excluding hydrogens is 206 g/mol. The summed E-state index contributed by atoms with van der Waals surface area (Å²) in [6, 6.07) is 0. The van der Waals surface area contributed by atoms with Gasteiger partial charge in [0.15, 0.2) is 0 Å². The van der Waals surface area contributed by atoms with E-state index in [-0.39, 0.29) is 0 Å². The van der Waals surface area contributed by atoms with E-state index in [1.165, 1.54) is 51.4 Å². The summed E-state index contributed by atoms with van der Waals surface area (Å²) in [5.41, 5.74) is 0. The van der Waals surface area contributed by atoms with Crippen LogP contribution in [-0.4, -0.2) is 13.1 Å². The summed E-state index contributed by atoms with van der Waals surface area (Å²) in [5.74, 6) is 1.88. The summed E-state index contributed by atoms with van der Waals surface area (Å²) in [6.45, 7) is 11.4. The molecule has 1 nitrogen and oxygen atoms in total. The highest BCUT2D eigenvalue weighted by Crippen LogP contribution is 2.15. The molecule has 0 aromatic heterocycles. The fourth-order valence-corrected chi connectivity index (χ4v) is 2.49. The zero-order valence-corrected chi connectivity index (χ0v) is 12.7. The molecule has 17 heavy (non-hydrogen) atoms. The van der Waals surface area contributed by atoms with E-state index in [1.807, 2.05) is 0 Å². The molecule has 0 aliphatic rings. The van der Waals surface area contributed by atoms with Crippen molar-refractivity contribution in [2.75, 3.05) is 13.1 Å². The second-order valence-electron chi connectivity index (χ2n) is 5.32. The van der Waals surface area contributed by atoms with Crippen LogP contribution in [0.4, 0.5) is 0 Å². The van der Waals surface area contributed by atoms with Crippen molar-refractivity contribution in [1.82, 2.24) is 5.32 Å². The van der Waals surface area contributed by atoms with Gasteiger partial charge in [-0.2, -0.15) is 0 Å². The highest BCUT2D eigenvalue weighted by atomic mass is 14.8. The highest BCUT2D eigenvalue weighted by Gasteiger charge is 2.04. The van der Waals surface area contributed by atoms with E-state index in [4.69, 9.17) is 0 Å². The van der Waals surface area contributed by atoms with Crippen LogP contribution in [0.1, 0.15) is 79.1 Å². The van der Waals surface area contributed by atoms with Crippen LogP contribution in [0.3, 0.4) is 0 Å². The minimum atomic E-state index is 0.940. The van der Waals surface area contributed by atoms with Crippen LogP contribution in [0.15, 0.2) is 0 Å². The Hall–Kier alpha value is -0.0400. The molecule has 0 amide bonds. The van der Waals surface area contributed by atoms with Crippen LogP contribution in [0.25, 0.3) is 0 Å². The van der Waals surface area contributed by atoms with Crippen LogP contribution in [0.5, 0.6) is 0 Å². The van der Waals surface area contributed by atoms with Gasteiger partial charge in [0.05, 0.1) is 0 Å². The third-order valence-electron chi connectivity index (χ3n) is 4.17. The molecule has 0 saturated carbocycles. The Morgan fingerprint density at radius 3 is 1.29 bits per heavy atom. The normalized spacial score (nSPS) is 11.6. The average molecular weight is 240 g/mol. The Kier molecular flexibility index (Phi) is 12.4. The first-order valence-corrected chi connectivity index (χ1v) is 7.91. The van der Waals surface area contributed by atoms with Gasteiger partial charge in [-0.15, -0.1) is 0 Å². The lowest BCUT2D eigenvalue weighted by molar-refractivity contribution is 0.414. The lowest BCUT2D eigenvalue weighted by Gasteiger charge is -2.12. The molecule has 0 N–H and O–H groups in total. The molecule has 0 aliphatic heterocycles. The van der Waals surface area contributed by atoms with Gasteiger partial charge in [0, 0.05) is 13.1 Å². The van der Waals surface area contributed by atoms with E-state index in [1.54, 1.807) is 0 Å². The van der Waals surface area contributed by atoms with Crippen LogP contribution in [-0.2, 0) is 0 Å². The number of hydrogen-bond acceptors (Lipinski definition) is 0. The number of hydrogen-bond donors (Lipinski definition) is 0. The molecule has 0 spiro atoms. The van der Waals surface area contributed by atoms with E-state index in [0.29, 0.717) is 0 Å². The van der Waals surface area contributed by atoms with Gasteiger partial charge in [-0.1, -0.05) is 53.4 Å². The van der Waals surface area contributed by atoms with E-state index in [9.17, 15) is 0 Å². The first-order chi connectivity index (χ1) is 8.28. The molecular formula is C16H34N. The second kappa shape index (κ2) is 12.4. The van der Waals surface area contributed by atoms with Gasteiger partial charge in [0.25, 0.3) is 0 Å². The molecule has 0 unspecified atom stereocenters. The first-order valence-electron chi connectivity index (χ1n) is 7.91. The Balaban J connectivity index is 3.23. The summed E-state index contributed by atoms with van der Waals surface area (Å²) in [7, 11) is 0. The van der Waals surface area contributed by atoms with Crippen molar-refractivity contribution in [3.8, 4) is 0 Å². The first kappa shape index (κ1) is 17.0. The quantitative estimate of drug-likeness (QED) is 0.425. The van der Waals surface area contributed by atoms with Crippen LogP contribution in [0, 0.1) is 11.8 Å². The van der Waals surface area contributed by atoms with E-state index < -0.39 is 0 Å². The van der Waals surface area contributed by atoms with Gasteiger partial charge >= 0.3 is 0 Å². The molecule has 1 heteroatoms. The molecule has 0 atom stereocenters. The molecule has 0 aromatic carbocycles. The molecule has 0 aromatic rings. The van der Waals surface area contributed by atoms with Crippen molar-refractivity contribution in [2.24, 2.45) is 11.8 Å². The predicted molar refractivity (Wildman–Crippen MR) is 78.5 cm³/mol. The molecule has 0 fully saturated rings. The standard InChI is InChI=1S/C16H34N/c1-5-15(6-2)11-9-13-17-14-10-12-16(7-3)8-4/h15-16H,5-14H2,1-4H3. The topological polar surface area (TPSA) is 14.1 Å². The van der Waals surface area contributed by atoms with Gasteiger partial charge in [-0.3, -0.25) is 0 Å². The maximum absolute atomic E-state index is 4.65. The summed E-state index contributed by atoms with van der Waals surface area (Å²) >= 11 is 0. The van der Waals surface area contributed by atoms with Crippen molar-refractivity contribution in [3.63, 3.8) is 0 Å². The van der Waals surface area contributed by atoms with Crippen LogP contribution in [0.2, 0.25) is 0 Å². The van der Waals surface area contributed by atoms with Crippen molar-refractivity contribution in [3.05, 3.63) is 0 Å². The largest absolute Gasteiger partial charge is 0.242 e. The van der Waals surface area contributed by atoms with E-state index in [0.717, 1.165) is 24.9 Å². The van der Waals surface area contributed by atoms with Crippen molar-refractivity contribution >= 4 is 0 Å². The Labute approximate surface area is 110 Å². The lowest BCUT2D eigenvalue weighted by atomic mass is 9.97. The number of rotatable bonds is 12. The predicted octanol–water partition coefficient (Wildman–Crippen LogP) is 5.02. The lowest BCUT2D eigenvalue weighted by Crippen LogP contribution is -2.11. The Morgan fingerprint density at radius 2 is 1.00 bits per heavy atom. The van der Waals surface area contributed by atoms with E-state index in [2.05, 4.69) is 33.0 Å². The molecule has 0 aliphatic carbocycles. The summed E-state index contributed by atoms with van der Waals surface area (Å²) in [5, 5.41) is 4.65. The summed E-state index contributed by atoms with van der Waals surface area (Å²) in [4.78, 5) is 0. The summed E-state index contributed by atoms with van der Waals surface area (Å²) < 4.78 is 0. The third-order valence-corrected chi connectivity index (χ3v) is 4.17. The van der Waals surface area contributed by atoms with Crippen LogP contribution < -0.4 is 5.32 Å². The van der Waals surface area contributed by atoms with Crippen molar-refractivity contribution in [2.45, 2.75) is 79.1 Å². The highest BCUT2D eigenvalue weighted by molar-refractivity contribution is 4.59. The zero-order chi connectivity index (χ0) is 12.9. The maximum Gasteiger partial charge on any atom is 0.0133 e. The molecule has 0 saturated heterocycles. The Morgan fingerprint density at radius 1 is 0.647 bits per heavy atom. The molecule has 103 valence electrons. The second-order valence-corrected chi connectivity index (χ2v) is 5.32. The van der Waals surface area contributed by atoms with Gasteiger partial charge in [0.1, 0.15) is 0 Å². The van der Waals surface area contributed by atoms with Crippen LogP contribution >= 0.6 is 0 Å². The molecule has 0 rings (SSSR count). The zero-order valence-electron chi connectivity index (χ0n) is 12.7. The van der Waals surface area contributed by atoms with Gasteiger partial charge in [0.2, 0.25) is 0 Å². The molecule has 0 heterocycles. The summed E-state index contributed by atoms with van der Waals surface area (Å²) in [6.07, 6.45) is 10.7. The fourth-order valence-electron chi connectivity index (χ4n) is 2.49. The van der Waals surface area contributed by atoms with Gasteiger partial charge in [-0.25, -0.2) is 5.32 Å². The molecule has 1 radical (unpaired) electrons. The molecule has 0 bridgehead atoms. The smallest absolute Gasteiger partial charge is 0.0133 e. The third kappa shape index (κ3) is 9.64.